The standard InChI is InChI=1S/C14H12O4/c15-10-3-1-2-8-12(17)6-9-7(13(8)10)4-5-11(16)14(9)18/h1-5,12,15-18H,6H2/t12-/m1/s1. The van der Waals surface area contributed by atoms with Crippen LogP contribution in [0, 0.1) is 0 Å². The third kappa shape index (κ3) is 1.36. The van der Waals surface area contributed by atoms with Crippen molar-refractivity contribution in [3.63, 3.8) is 0 Å². The van der Waals surface area contributed by atoms with Gasteiger partial charge in [0.2, 0.25) is 0 Å². The van der Waals surface area contributed by atoms with Gasteiger partial charge in [0.1, 0.15) is 5.75 Å². The van der Waals surface area contributed by atoms with Crippen molar-refractivity contribution in [2.75, 3.05) is 0 Å². The van der Waals surface area contributed by atoms with E-state index in [9.17, 15) is 20.4 Å². The second-order valence-corrected chi connectivity index (χ2v) is 4.42. The number of phenolic OH excluding ortho intramolecular Hbond substituents is 3. The minimum atomic E-state index is -0.799. The third-order valence-corrected chi connectivity index (χ3v) is 3.36. The Morgan fingerprint density at radius 2 is 1.72 bits per heavy atom. The van der Waals surface area contributed by atoms with E-state index in [2.05, 4.69) is 0 Å². The molecule has 1 aliphatic rings. The number of hydrogen-bond donors (Lipinski definition) is 4. The molecule has 18 heavy (non-hydrogen) atoms. The van der Waals surface area contributed by atoms with Crippen molar-refractivity contribution in [2.24, 2.45) is 0 Å². The zero-order valence-corrected chi connectivity index (χ0v) is 9.46. The average Bonchev–Trinajstić information content (AvgIpc) is 2.35. The Morgan fingerprint density at radius 1 is 0.944 bits per heavy atom. The third-order valence-electron chi connectivity index (χ3n) is 3.36. The van der Waals surface area contributed by atoms with Gasteiger partial charge in [0.05, 0.1) is 6.10 Å². The van der Waals surface area contributed by atoms with Gasteiger partial charge >= 0.3 is 0 Å². The fraction of sp³-hybridized carbons (Fsp3) is 0.143. The Kier molecular flexibility index (Phi) is 2.21. The van der Waals surface area contributed by atoms with Gasteiger partial charge in [-0.2, -0.15) is 0 Å². The zero-order chi connectivity index (χ0) is 12.9. The van der Waals surface area contributed by atoms with Crippen LogP contribution in [-0.4, -0.2) is 20.4 Å². The Labute approximate surface area is 103 Å². The van der Waals surface area contributed by atoms with Crippen LogP contribution in [0.4, 0.5) is 0 Å². The van der Waals surface area contributed by atoms with Crippen molar-refractivity contribution in [1.29, 1.82) is 0 Å². The predicted octanol–water partition coefficient (Wildman–Crippen LogP) is 2.06. The number of benzene rings is 2. The first kappa shape index (κ1) is 10.9. The van der Waals surface area contributed by atoms with Crippen molar-refractivity contribution in [2.45, 2.75) is 12.5 Å². The highest BCUT2D eigenvalue weighted by Gasteiger charge is 2.28. The second kappa shape index (κ2) is 3.65. The lowest BCUT2D eigenvalue weighted by Gasteiger charge is -2.25. The molecule has 4 N–H and O–H groups in total. The Morgan fingerprint density at radius 3 is 2.50 bits per heavy atom. The Hall–Kier alpha value is -2.20. The number of aromatic hydroxyl groups is 3. The fourth-order valence-electron chi connectivity index (χ4n) is 2.50. The van der Waals surface area contributed by atoms with Crippen molar-refractivity contribution < 1.29 is 20.4 Å². The molecule has 1 atom stereocenters. The minimum absolute atomic E-state index is 0.0533. The molecule has 0 spiro atoms. The lowest BCUT2D eigenvalue weighted by atomic mass is 9.83. The van der Waals surface area contributed by atoms with E-state index < -0.39 is 6.10 Å². The molecule has 2 aromatic carbocycles. The molecular formula is C14H12O4. The topological polar surface area (TPSA) is 80.9 Å². The summed E-state index contributed by atoms with van der Waals surface area (Å²) in [6, 6.07) is 7.96. The highest BCUT2D eigenvalue weighted by atomic mass is 16.3. The lowest BCUT2D eigenvalue weighted by molar-refractivity contribution is 0.175. The van der Waals surface area contributed by atoms with E-state index in [4.69, 9.17) is 0 Å². The fourth-order valence-corrected chi connectivity index (χ4v) is 2.50. The largest absolute Gasteiger partial charge is 0.507 e. The molecule has 0 aliphatic heterocycles. The highest BCUT2D eigenvalue weighted by Crippen LogP contribution is 2.47. The molecule has 0 saturated heterocycles. The molecule has 0 bridgehead atoms. The van der Waals surface area contributed by atoms with E-state index in [-0.39, 0.29) is 23.7 Å². The first-order chi connectivity index (χ1) is 8.59. The Bertz CT molecular complexity index is 634. The smallest absolute Gasteiger partial charge is 0.161 e. The van der Waals surface area contributed by atoms with Crippen LogP contribution in [0.1, 0.15) is 17.2 Å². The number of fused-ring (bicyclic) bond motifs is 3. The molecule has 4 nitrogen and oxygen atoms in total. The van der Waals surface area contributed by atoms with Crippen LogP contribution in [0.5, 0.6) is 17.2 Å². The van der Waals surface area contributed by atoms with Gasteiger partial charge in [0.15, 0.2) is 11.5 Å². The molecule has 0 saturated carbocycles. The maximum Gasteiger partial charge on any atom is 0.161 e. The number of aliphatic hydroxyl groups excluding tert-OH is 1. The number of phenols is 3. The molecule has 4 heteroatoms. The summed E-state index contributed by atoms with van der Waals surface area (Å²) < 4.78 is 0. The quantitative estimate of drug-likeness (QED) is 0.535. The van der Waals surface area contributed by atoms with Crippen molar-refractivity contribution in [1.82, 2.24) is 0 Å². The van der Waals surface area contributed by atoms with Gasteiger partial charge in [-0.15, -0.1) is 0 Å². The van der Waals surface area contributed by atoms with E-state index in [1.165, 1.54) is 12.1 Å². The summed E-state index contributed by atoms with van der Waals surface area (Å²) in [7, 11) is 0. The van der Waals surface area contributed by atoms with E-state index in [1.54, 1.807) is 18.2 Å². The molecular weight excluding hydrogens is 232 g/mol. The Balaban J connectivity index is 2.36. The normalized spacial score (nSPS) is 17.1. The molecule has 0 heterocycles. The first-order valence-corrected chi connectivity index (χ1v) is 5.63. The summed E-state index contributed by atoms with van der Waals surface area (Å²) in [5.41, 5.74) is 2.24. The molecule has 0 fully saturated rings. The maximum absolute atomic E-state index is 10.0. The summed E-state index contributed by atoms with van der Waals surface area (Å²) in [6.45, 7) is 0. The van der Waals surface area contributed by atoms with Gasteiger partial charge < -0.3 is 20.4 Å². The predicted molar refractivity (Wildman–Crippen MR) is 65.5 cm³/mol. The lowest BCUT2D eigenvalue weighted by Crippen LogP contribution is -2.11. The van der Waals surface area contributed by atoms with Gasteiger partial charge in [-0.05, 0) is 29.3 Å². The van der Waals surface area contributed by atoms with Crippen LogP contribution in [0.3, 0.4) is 0 Å². The zero-order valence-electron chi connectivity index (χ0n) is 9.46. The summed E-state index contributed by atoms with van der Waals surface area (Å²) >= 11 is 0. The van der Waals surface area contributed by atoms with Gasteiger partial charge in [0, 0.05) is 17.5 Å². The van der Waals surface area contributed by atoms with Crippen LogP contribution >= 0.6 is 0 Å². The van der Waals surface area contributed by atoms with Gasteiger partial charge in [-0.3, -0.25) is 0 Å². The van der Waals surface area contributed by atoms with Crippen LogP contribution in [0.25, 0.3) is 11.1 Å². The molecule has 0 unspecified atom stereocenters. The second-order valence-electron chi connectivity index (χ2n) is 4.42. The molecule has 0 radical (unpaired) electrons. The number of aliphatic hydroxyl groups is 1. The van der Waals surface area contributed by atoms with Crippen LogP contribution in [-0.2, 0) is 6.42 Å². The van der Waals surface area contributed by atoms with Crippen molar-refractivity contribution >= 4 is 0 Å². The first-order valence-electron chi connectivity index (χ1n) is 5.63. The van der Waals surface area contributed by atoms with E-state index >= 15 is 0 Å². The van der Waals surface area contributed by atoms with Crippen LogP contribution < -0.4 is 0 Å². The number of rotatable bonds is 0. The van der Waals surface area contributed by atoms with E-state index in [0.717, 1.165) is 0 Å². The molecule has 0 aromatic heterocycles. The van der Waals surface area contributed by atoms with E-state index in [0.29, 0.717) is 22.3 Å². The van der Waals surface area contributed by atoms with Gasteiger partial charge in [0.25, 0.3) is 0 Å². The van der Waals surface area contributed by atoms with E-state index in [1.807, 2.05) is 0 Å². The number of hydrogen-bond acceptors (Lipinski definition) is 4. The molecule has 92 valence electrons. The van der Waals surface area contributed by atoms with Crippen molar-refractivity contribution in [3.05, 3.63) is 41.5 Å². The summed E-state index contributed by atoms with van der Waals surface area (Å²) in [6.07, 6.45) is -0.584. The summed E-state index contributed by atoms with van der Waals surface area (Å²) in [4.78, 5) is 0. The molecule has 1 aliphatic carbocycles. The van der Waals surface area contributed by atoms with Crippen LogP contribution in [0.15, 0.2) is 30.3 Å². The SMILES string of the molecule is Oc1ccc2c(c1O)C[C@@H](O)c1cccc(O)c1-2. The van der Waals surface area contributed by atoms with Crippen molar-refractivity contribution in [3.8, 4) is 28.4 Å². The molecule has 0 amide bonds. The van der Waals surface area contributed by atoms with Gasteiger partial charge in [-0.25, -0.2) is 0 Å². The monoisotopic (exact) mass is 244 g/mol. The average molecular weight is 244 g/mol. The molecule has 2 aromatic rings. The highest BCUT2D eigenvalue weighted by molar-refractivity contribution is 5.81. The maximum atomic E-state index is 10.0. The van der Waals surface area contributed by atoms with Gasteiger partial charge in [-0.1, -0.05) is 12.1 Å². The summed E-state index contributed by atoms with van der Waals surface area (Å²) in [5.74, 6) is -0.405. The van der Waals surface area contributed by atoms with Crippen LogP contribution in [0.2, 0.25) is 0 Å². The summed E-state index contributed by atoms with van der Waals surface area (Å²) in [5, 5.41) is 39.3. The minimum Gasteiger partial charge on any atom is -0.507 e. The molecule has 3 rings (SSSR count).